The van der Waals surface area contributed by atoms with E-state index in [0.29, 0.717) is 30.8 Å². The molecule has 2 bridgehead atoms. The van der Waals surface area contributed by atoms with Crippen LogP contribution in [0.2, 0.25) is 0 Å². The first-order chi connectivity index (χ1) is 20.5. The first kappa shape index (κ1) is 35.7. The molecule has 4 aliphatic rings. The number of aliphatic hydroxyl groups excluding tert-OH is 1. The Hall–Kier alpha value is -1.14. The van der Waals surface area contributed by atoms with Crippen LogP contribution in [0.4, 0.5) is 0 Å². The van der Waals surface area contributed by atoms with Gasteiger partial charge in [-0.15, -0.1) is 0 Å². The number of hydrogen-bond acceptors (Lipinski definition) is 10. The van der Waals surface area contributed by atoms with E-state index in [4.69, 9.17) is 18.9 Å². The number of carbonyl (C=O) groups excluding carboxylic acids is 2. The number of esters is 1. The molecule has 1 unspecified atom stereocenters. The number of Topliss-reactive ketones (excluding diaryl/α,β-unsaturated/α-hetero) is 1. The highest BCUT2D eigenvalue weighted by Crippen LogP contribution is 2.42. The number of nitrogens with zero attached hydrogens (tertiary/aromatic N) is 3. The third-order valence-corrected chi connectivity index (χ3v) is 11.6. The number of cyclic esters (lactones) is 1. The summed E-state index contributed by atoms with van der Waals surface area (Å²) < 4.78 is 25.1. The first-order valence-corrected chi connectivity index (χ1v) is 16.8. The quantitative estimate of drug-likeness (QED) is 0.363. The third kappa shape index (κ3) is 7.21. The number of rotatable bonds is 5. The average Bonchev–Trinajstić information content (AvgIpc) is 3.14. The lowest BCUT2D eigenvalue weighted by Gasteiger charge is -2.47. The first-order valence-electron chi connectivity index (χ1n) is 16.8. The molecule has 12 atom stereocenters. The van der Waals surface area contributed by atoms with Gasteiger partial charge in [0.15, 0.2) is 12.1 Å². The summed E-state index contributed by atoms with van der Waals surface area (Å²) in [6.07, 6.45) is 3.13. The predicted octanol–water partition coefficient (Wildman–Crippen LogP) is 3.19. The molecule has 254 valence electrons. The Morgan fingerprint density at radius 1 is 1.00 bits per heavy atom. The van der Waals surface area contributed by atoms with Crippen LogP contribution in [0.25, 0.3) is 0 Å². The van der Waals surface area contributed by atoms with Crippen LogP contribution in [0.5, 0.6) is 0 Å². The van der Waals surface area contributed by atoms with E-state index in [9.17, 15) is 14.7 Å². The molecule has 44 heavy (non-hydrogen) atoms. The molecule has 0 aliphatic carbocycles. The molecule has 10 heteroatoms. The highest BCUT2D eigenvalue weighted by Gasteiger charge is 2.52. The van der Waals surface area contributed by atoms with Crippen molar-refractivity contribution < 1.29 is 33.6 Å². The van der Waals surface area contributed by atoms with E-state index in [1.165, 1.54) is 12.8 Å². The Morgan fingerprint density at radius 2 is 1.61 bits per heavy atom. The normalized spacial score (nSPS) is 45.0. The second-order valence-corrected chi connectivity index (χ2v) is 15.6. The molecule has 4 heterocycles. The molecule has 10 nitrogen and oxygen atoms in total. The van der Waals surface area contributed by atoms with Crippen LogP contribution in [0.15, 0.2) is 0 Å². The molecule has 1 N–H and O–H groups in total. The van der Waals surface area contributed by atoms with Crippen LogP contribution in [-0.2, 0) is 28.5 Å². The Morgan fingerprint density at radius 3 is 2.18 bits per heavy atom. The Bertz CT molecular complexity index is 995. The van der Waals surface area contributed by atoms with Gasteiger partial charge in [0.25, 0.3) is 0 Å². The van der Waals surface area contributed by atoms with Crippen molar-refractivity contribution in [3.63, 3.8) is 0 Å². The van der Waals surface area contributed by atoms with Gasteiger partial charge in [0, 0.05) is 43.7 Å². The maximum atomic E-state index is 14.2. The largest absolute Gasteiger partial charge is 0.463 e. The van der Waals surface area contributed by atoms with E-state index >= 15 is 0 Å². The van der Waals surface area contributed by atoms with Crippen LogP contribution in [0.1, 0.15) is 80.1 Å². The van der Waals surface area contributed by atoms with E-state index < -0.39 is 41.4 Å². The maximum absolute atomic E-state index is 14.2. The monoisotopic (exact) mass is 623 g/mol. The van der Waals surface area contributed by atoms with Gasteiger partial charge in [-0.05, 0) is 106 Å². The smallest absolute Gasteiger partial charge is 0.319 e. The standard InChI is InChI=1S/C34H61N3O7/c1-20-17-34(6,41-11)30(44-31-28(38)26(35(7)8)14-21(2)43-31)22(3)29(39)33(4,5)32(40)42-19-27(36(9)18-20)23-15-24-12-13-25(16-23)37(24)10/h20-28,30-31,38H,12-19H2,1-11H3/t20-,21-,22+,23?,24-,25+,26+,27+,28-,30-,31+,34-/m1/s1. The van der Waals surface area contributed by atoms with Gasteiger partial charge in [-0.3, -0.25) is 14.5 Å². The van der Waals surface area contributed by atoms with Crippen molar-refractivity contribution in [3.8, 4) is 0 Å². The molecule has 0 amide bonds. The van der Waals surface area contributed by atoms with Gasteiger partial charge < -0.3 is 33.9 Å². The van der Waals surface area contributed by atoms with Gasteiger partial charge in [-0.1, -0.05) is 13.8 Å². The van der Waals surface area contributed by atoms with Crippen LogP contribution < -0.4 is 0 Å². The minimum Gasteiger partial charge on any atom is -0.463 e. The summed E-state index contributed by atoms with van der Waals surface area (Å²) in [6, 6.07) is 1.05. The molecule has 0 aromatic heterocycles. The fraction of sp³-hybridized carbons (Fsp3) is 0.941. The number of methoxy groups -OCH3 is 1. The molecule has 0 aromatic carbocycles. The zero-order valence-electron chi connectivity index (χ0n) is 29.2. The molecular formula is C34H61N3O7. The second kappa shape index (κ2) is 13.9. The maximum Gasteiger partial charge on any atom is 0.319 e. The summed E-state index contributed by atoms with van der Waals surface area (Å²) in [5.74, 6) is -0.923. The van der Waals surface area contributed by atoms with Gasteiger partial charge in [0.05, 0.1) is 17.8 Å². The molecule has 4 aliphatic heterocycles. The number of ketones is 1. The van der Waals surface area contributed by atoms with Gasteiger partial charge in [-0.2, -0.15) is 0 Å². The van der Waals surface area contributed by atoms with E-state index in [-0.39, 0.29) is 36.5 Å². The van der Waals surface area contributed by atoms with Crippen molar-refractivity contribution in [2.75, 3.05) is 48.5 Å². The van der Waals surface area contributed by atoms with Crippen molar-refractivity contribution in [1.82, 2.24) is 14.7 Å². The number of likely N-dealkylation sites (N-methyl/N-ethyl adjacent to an activating group) is 2. The van der Waals surface area contributed by atoms with Gasteiger partial charge in [0.2, 0.25) is 0 Å². The number of aliphatic hydroxyl groups is 1. The topological polar surface area (TPSA) is 101 Å². The van der Waals surface area contributed by atoms with E-state index in [0.717, 1.165) is 19.4 Å². The van der Waals surface area contributed by atoms with Crippen molar-refractivity contribution in [2.24, 2.45) is 23.2 Å². The summed E-state index contributed by atoms with van der Waals surface area (Å²) in [5, 5.41) is 11.3. The van der Waals surface area contributed by atoms with E-state index in [2.05, 4.69) is 30.8 Å². The summed E-state index contributed by atoms with van der Waals surface area (Å²) in [4.78, 5) is 34.8. The lowest BCUT2D eigenvalue weighted by atomic mass is 9.74. The highest BCUT2D eigenvalue weighted by atomic mass is 16.7. The Kier molecular flexibility index (Phi) is 11.3. The second-order valence-electron chi connectivity index (χ2n) is 15.6. The summed E-state index contributed by atoms with van der Waals surface area (Å²) in [7, 11) is 9.91. The van der Waals surface area contributed by atoms with Crippen molar-refractivity contribution >= 4 is 11.8 Å². The van der Waals surface area contributed by atoms with E-state index in [1.54, 1.807) is 27.9 Å². The van der Waals surface area contributed by atoms with Crippen LogP contribution >= 0.6 is 0 Å². The summed E-state index contributed by atoms with van der Waals surface area (Å²) in [5.41, 5.74) is -2.29. The number of ether oxygens (including phenoxy) is 4. The minimum absolute atomic E-state index is 0.0679. The number of fused-ring (bicyclic) bond motifs is 2. The van der Waals surface area contributed by atoms with Crippen molar-refractivity contribution in [3.05, 3.63) is 0 Å². The lowest BCUT2D eigenvalue weighted by Crippen LogP contribution is -2.59. The molecule has 0 saturated carbocycles. The predicted molar refractivity (Wildman–Crippen MR) is 169 cm³/mol. The molecule has 4 fully saturated rings. The summed E-state index contributed by atoms with van der Waals surface area (Å²) in [6.45, 7) is 12.3. The molecule has 4 rings (SSSR count). The summed E-state index contributed by atoms with van der Waals surface area (Å²) >= 11 is 0. The average molecular weight is 624 g/mol. The van der Waals surface area contributed by atoms with Crippen LogP contribution in [0.3, 0.4) is 0 Å². The fourth-order valence-corrected chi connectivity index (χ4v) is 8.83. The van der Waals surface area contributed by atoms with Gasteiger partial charge in [0.1, 0.15) is 18.1 Å². The lowest BCUT2D eigenvalue weighted by molar-refractivity contribution is -0.295. The Balaban J connectivity index is 1.66. The Labute approximate surface area is 266 Å². The highest BCUT2D eigenvalue weighted by molar-refractivity contribution is 6.04. The zero-order valence-corrected chi connectivity index (χ0v) is 29.2. The SMILES string of the molecule is CO[C@]1(C)C[C@@H](C)CN(C)[C@H](C2C[C@H]3CC[C@@H](C2)N3C)COC(=O)C(C)(C)C(=O)[C@H](C)[C@H]1O[C@@H]1O[C@H](C)C[C@H](N(C)C)[C@H]1O. The molecule has 0 spiro atoms. The van der Waals surface area contributed by atoms with Gasteiger partial charge >= 0.3 is 5.97 Å². The van der Waals surface area contributed by atoms with E-state index in [1.807, 2.05) is 32.8 Å². The molecule has 0 aromatic rings. The van der Waals surface area contributed by atoms with Crippen molar-refractivity contribution in [2.45, 2.75) is 134 Å². The zero-order chi connectivity index (χ0) is 32.7. The van der Waals surface area contributed by atoms with Crippen LogP contribution in [0, 0.1) is 23.2 Å². The van der Waals surface area contributed by atoms with Crippen molar-refractivity contribution in [1.29, 1.82) is 0 Å². The third-order valence-electron chi connectivity index (χ3n) is 11.6. The molecule has 0 radical (unpaired) electrons. The number of piperidine rings is 1. The van der Waals surface area contributed by atoms with Gasteiger partial charge in [-0.25, -0.2) is 0 Å². The molecule has 4 saturated heterocycles. The fourth-order valence-electron chi connectivity index (χ4n) is 8.83. The number of carbonyl (C=O) groups is 2. The minimum atomic E-state index is -1.39. The van der Waals surface area contributed by atoms with Crippen LogP contribution in [-0.4, -0.2) is 134 Å². The molecular weight excluding hydrogens is 562 g/mol. The number of hydrogen-bond donors (Lipinski definition) is 1.